The van der Waals surface area contributed by atoms with E-state index in [2.05, 4.69) is 24.8 Å². The van der Waals surface area contributed by atoms with Crippen LogP contribution in [0.3, 0.4) is 0 Å². The lowest BCUT2D eigenvalue weighted by Gasteiger charge is -2.09. The van der Waals surface area contributed by atoms with Gasteiger partial charge in [0, 0.05) is 5.75 Å². The summed E-state index contributed by atoms with van der Waals surface area (Å²) in [6.07, 6.45) is 0.230. The number of ether oxygens (including phenoxy) is 1. The molecule has 1 nitrogen and oxygen atoms in total. The number of hydrogen-bond acceptors (Lipinski definition) is 2. The summed E-state index contributed by atoms with van der Waals surface area (Å²) in [6.45, 7) is 2.71. The fraction of sp³-hybridized carbons (Fsp3) is 0.400. The first kappa shape index (κ1) is 9.62. The first-order valence-corrected chi connectivity index (χ1v) is 4.72. The maximum Gasteiger partial charge on any atom is 0.0720 e. The van der Waals surface area contributed by atoms with Crippen LogP contribution in [0.4, 0.5) is 0 Å². The molecule has 0 saturated heterocycles. The van der Waals surface area contributed by atoms with Crippen molar-refractivity contribution >= 4 is 12.6 Å². The molecule has 66 valence electrons. The summed E-state index contributed by atoms with van der Waals surface area (Å²) in [5, 5.41) is 0. The van der Waals surface area contributed by atoms with Crippen LogP contribution in [0.25, 0.3) is 0 Å². The van der Waals surface area contributed by atoms with Gasteiger partial charge in [-0.25, -0.2) is 0 Å². The Kier molecular flexibility index (Phi) is 4.19. The molecule has 12 heavy (non-hydrogen) atoms. The molecule has 0 saturated carbocycles. The fourth-order valence-corrected chi connectivity index (χ4v) is 0.971. The summed E-state index contributed by atoms with van der Waals surface area (Å²) >= 11 is 4.14. The van der Waals surface area contributed by atoms with Crippen LogP contribution < -0.4 is 0 Å². The van der Waals surface area contributed by atoms with Gasteiger partial charge in [-0.2, -0.15) is 12.6 Å². The standard InChI is InChI=1S/C10H14OS/c1-9(8-12)11-7-10-5-3-2-4-6-10/h2-6,9,12H,7-8H2,1H3. The SMILES string of the molecule is CC(CS)OCc1ccccc1. The predicted octanol–water partition coefficient (Wildman–Crippen LogP) is 2.52. The highest BCUT2D eigenvalue weighted by molar-refractivity contribution is 7.80. The average Bonchev–Trinajstić information content (AvgIpc) is 2.16. The van der Waals surface area contributed by atoms with Crippen LogP contribution in [0.5, 0.6) is 0 Å². The second-order valence-electron chi connectivity index (χ2n) is 2.79. The molecule has 0 amide bonds. The van der Waals surface area contributed by atoms with E-state index in [1.807, 2.05) is 25.1 Å². The molecule has 0 N–H and O–H groups in total. The Morgan fingerprint density at radius 2 is 2.00 bits per heavy atom. The van der Waals surface area contributed by atoms with E-state index in [4.69, 9.17) is 4.74 Å². The second-order valence-corrected chi connectivity index (χ2v) is 3.15. The van der Waals surface area contributed by atoms with Gasteiger partial charge in [-0.15, -0.1) is 0 Å². The quantitative estimate of drug-likeness (QED) is 0.704. The Labute approximate surface area is 79.2 Å². The van der Waals surface area contributed by atoms with Crippen LogP contribution >= 0.6 is 12.6 Å². The van der Waals surface area contributed by atoms with Gasteiger partial charge in [0.05, 0.1) is 12.7 Å². The average molecular weight is 182 g/mol. The van der Waals surface area contributed by atoms with E-state index in [-0.39, 0.29) is 6.10 Å². The van der Waals surface area contributed by atoms with Crippen molar-refractivity contribution in [2.24, 2.45) is 0 Å². The summed E-state index contributed by atoms with van der Waals surface area (Å²) in [7, 11) is 0. The van der Waals surface area contributed by atoms with Crippen molar-refractivity contribution < 1.29 is 4.74 Å². The first-order chi connectivity index (χ1) is 5.83. The van der Waals surface area contributed by atoms with E-state index in [0.717, 1.165) is 5.75 Å². The molecule has 1 rings (SSSR count). The van der Waals surface area contributed by atoms with E-state index >= 15 is 0 Å². The summed E-state index contributed by atoms with van der Waals surface area (Å²) in [6, 6.07) is 10.2. The molecule has 0 fully saturated rings. The molecule has 0 spiro atoms. The molecule has 0 aliphatic carbocycles. The molecule has 0 heterocycles. The minimum absolute atomic E-state index is 0.230. The van der Waals surface area contributed by atoms with Gasteiger partial charge in [-0.05, 0) is 12.5 Å². The molecule has 0 aliphatic rings. The molecule has 1 aromatic rings. The zero-order chi connectivity index (χ0) is 8.81. The van der Waals surface area contributed by atoms with E-state index in [0.29, 0.717) is 6.61 Å². The minimum Gasteiger partial charge on any atom is -0.373 e. The largest absolute Gasteiger partial charge is 0.373 e. The molecule has 1 atom stereocenters. The van der Waals surface area contributed by atoms with Crippen LogP contribution in [0.2, 0.25) is 0 Å². The maximum atomic E-state index is 5.50. The van der Waals surface area contributed by atoms with E-state index in [1.54, 1.807) is 0 Å². The number of benzene rings is 1. The zero-order valence-electron chi connectivity index (χ0n) is 7.23. The van der Waals surface area contributed by atoms with Gasteiger partial charge in [0.25, 0.3) is 0 Å². The maximum absolute atomic E-state index is 5.50. The second kappa shape index (κ2) is 5.22. The van der Waals surface area contributed by atoms with Crippen LogP contribution in [0, 0.1) is 0 Å². The van der Waals surface area contributed by atoms with Gasteiger partial charge in [-0.3, -0.25) is 0 Å². The van der Waals surface area contributed by atoms with Crippen LogP contribution in [-0.2, 0) is 11.3 Å². The van der Waals surface area contributed by atoms with Crippen LogP contribution in [0.15, 0.2) is 30.3 Å². The predicted molar refractivity (Wildman–Crippen MR) is 54.5 cm³/mol. The third-order valence-electron chi connectivity index (χ3n) is 1.63. The third kappa shape index (κ3) is 3.28. The fourth-order valence-electron chi connectivity index (χ4n) is 0.865. The highest BCUT2D eigenvalue weighted by atomic mass is 32.1. The summed E-state index contributed by atoms with van der Waals surface area (Å²) < 4.78 is 5.50. The number of thiol groups is 1. The smallest absolute Gasteiger partial charge is 0.0720 e. The minimum atomic E-state index is 0.230. The third-order valence-corrected chi connectivity index (χ3v) is 2.15. The van der Waals surface area contributed by atoms with Crippen molar-refractivity contribution in [2.45, 2.75) is 19.6 Å². The van der Waals surface area contributed by atoms with Crippen LogP contribution in [-0.4, -0.2) is 11.9 Å². The van der Waals surface area contributed by atoms with Gasteiger partial charge < -0.3 is 4.74 Å². The van der Waals surface area contributed by atoms with Gasteiger partial charge in [0.15, 0.2) is 0 Å². The lowest BCUT2D eigenvalue weighted by Crippen LogP contribution is -2.09. The van der Waals surface area contributed by atoms with Gasteiger partial charge in [-0.1, -0.05) is 30.3 Å². The van der Waals surface area contributed by atoms with Crippen molar-refractivity contribution in [1.29, 1.82) is 0 Å². The lowest BCUT2D eigenvalue weighted by atomic mass is 10.2. The monoisotopic (exact) mass is 182 g/mol. The van der Waals surface area contributed by atoms with Crippen molar-refractivity contribution in [3.8, 4) is 0 Å². The molecular weight excluding hydrogens is 168 g/mol. The molecular formula is C10H14OS. The molecule has 0 aromatic heterocycles. The molecule has 1 unspecified atom stereocenters. The zero-order valence-corrected chi connectivity index (χ0v) is 8.13. The highest BCUT2D eigenvalue weighted by Gasteiger charge is 1.98. The number of rotatable bonds is 4. The first-order valence-electron chi connectivity index (χ1n) is 4.09. The van der Waals surface area contributed by atoms with E-state index < -0.39 is 0 Å². The molecule has 0 aliphatic heterocycles. The summed E-state index contributed by atoms with van der Waals surface area (Å²) in [5.74, 6) is 0.771. The molecule has 1 aromatic carbocycles. The Morgan fingerprint density at radius 3 is 2.58 bits per heavy atom. The van der Waals surface area contributed by atoms with Crippen molar-refractivity contribution in [1.82, 2.24) is 0 Å². The van der Waals surface area contributed by atoms with E-state index in [1.165, 1.54) is 5.56 Å². The lowest BCUT2D eigenvalue weighted by molar-refractivity contribution is 0.0690. The normalized spacial score (nSPS) is 12.8. The van der Waals surface area contributed by atoms with Gasteiger partial charge in [0.1, 0.15) is 0 Å². The Hall–Kier alpha value is -0.470. The van der Waals surface area contributed by atoms with Crippen molar-refractivity contribution in [2.75, 3.05) is 5.75 Å². The van der Waals surface area contributed by atoms with Gasteiger partial charge >= 0.3 is 0 Å². The Bertz CT molecular complexity index is 210. The van der Waals surface area contributed by atoms with Crippen molar-refractivity contribution in [3.05, 3.63) is 35.9 Å². The molecule has 2 heteroatoms. The molecule has 0 bridgehead atoms. The Morgan fingerprint density at radius 1 is 1.33 bits per heavy atom. The topological polar surface area (TPSA) is 9.23 Å². The highest BCUT2D eigenvalue weighted by Crippen LogP contribution is 2.03. The summed E-state index contributed by atoms with van der Waals surface area (Å²) in [5.41, 5.74) is 1.21. The summed E-state index contributed by atoms with van der Waals surface area (Å²) in [4.78, 5) is 0. The Balaban J connectivity index is 2.33. The van der Waals surface area contributed by atoms with Gasteiger partial charge in [0.2, 0.25) is 0 Å². The molecule has 0 radical (unpaired) electrons. The van der Waals surface area contributed by atoms with Crippen LogP contribution in [0.1, 0.15) is 12.5 Å². The van der Waals surface area contributed by atoms with E-state index in [9.17, 15) is 0 Å². The van der Waals surface area contributed by atoms with Crippen molar-refractivity contribution in [3.63, 3.8) is 0 Å². The number of hydrogen-bond donors (Lipinski definition) is 1.